The Bertz CT molecular complexity index is 885. The van der Waals surface area contributed by atoms with Crippen molar-refractivity contribution in [1.29, 1.82) is 0 Å². The van der Waals surface area contributed by atoms with E-state index in [-0.39, 0.29) is 29.0 Å². The number of para-hydroxylation sites is 1. The van der Waals surface area contributed by atoms with Crippen LogP contribution >= 0.6 is 11.6 Å². The second-order valence-electron chi connectivity index (χ2n) is 6.95. The van der Waals surface area contributed by atoms with E-state index in [9.17, 15) is 9.59 Å². The van der Waals surface area contributed by atoms with Gasteiger partial charge in [0.2, 0.25) is 11.8 Å². The molecule has 7 heteroatoms. The number of benzene rings is 1. The number of amides is 2. The van der Waals surface area contributed by atoms with Crippen molar-refractivity contribution in [2.24, 2.45) is 5.73 Å². The first-order chi connectivity index (χ1) is 12.8. The van der Waals surface area contributed by atoms with Crippen LogP contribution in [-0.4, -0.2) is 28.9 Å². The van der Waals surface area contributed by atoms with Crippen LogP contribution in [0, 0.1) is 0 Å². The van der Waals surface area contributed by atoms with Gasteiger partial charge in [-0.25, -0.2) is 4.98 Å². The smallest absolute Gasteiger partial charge is 0.260 e. The van der Waals surface area contributed by atoms with Crippen molar-refractivity contribution in [2.45, 2.75) is 45.3 Å². The molecule has 3 rings (SSSR count). The van der Waals surface area contributed by atoms with Gasteiger partial charge in [0, 0.05) is 17.9 Å². The number of ether oxygens (including phenoxy) is 1. The van der Waals surface area contributed by atoms with Gasteiger partial charge in [-0.2, -0.15) is 0 Å². The minimum absolute atomic E-state index is 0.0729. The summed E-state index contributed by atoms with van der Waals surface area (Å²) in [6, 6.07) is 8.69. The van der Waals surface area contributed by atoms with Crippen molar-refractivity contribution in [3.05, 3.63) is 52.7 Å². The van der Waals surface area contributed by atoms with Crippen LogP contribution in [0.15, 0.2) is 36.5 Å². The molecule has 2 N–H and O–H groups in total. The van der Waals surface area contributed by atoms with Crippen LogP contribution in [0.4, 0.5) is 5.69 Å². The molecule has 6 nitrogen and oxygen atoms in total. The number of pyridine rings is 1. The molecule has 142 valence electrons. The molecule has 2 amide bonds. The summed E-state index contributed by atoms with van der Waals surface area (Å²) in [5, 5.41) is 0.280. The van der Waals surface area contributed by atoms with Crippen molar-refractivity contribution < 1.29 is 14.3 Å². The molecule has 1 aromatic carbocycles. The number of primary amides is 1. The number of rotatable bonds is 4. The van der Waals surface area contributed by atoms with E-state index in [0.717, 1.165) is 5.56 Å². The van der Waals surface area contributed by atoms with E-state index in [2.05, 4.69) is 4.98 Å². The maximum Gasteiger partial charge on any atom is 0.260 e. The van der Waals surface area contributed by atoms with E-state index in [0.29, 0.717) is 23.6 Å². The topological polar surface area (TPSA) is 85.5 Å². The van der Waals surface area contributed by atoms with Crippen molar-refractivity contribution >= 4 is 29.1 Å². The summed E-state index contributed by atoms with van der Waals surface area (Å²) in [5.41, 5.74) is 7.37. The highest BCUT2D eigenvalue weighted by Gasteiger charge is 2.36. The molecule has 1 aliphatic rings. The minimum Gasteiger partial charge on any atom is -0.474 e. The fraction of sp³-hybridized carbons (Fsp3) is 0.350. The fourth-order valence-electron chi connectivity index (χ4n) is 3.38. The number of halogens is 1. The summed E-state index contributed by atoms with van der Waals surface area (Å²) in [4.78, 5) is 30.9. The van der Waals surface area contributed by atoms with Gasteiger partial charge in [-0.3, -0.25) is 9.59 Å². The number of aromatic nitrogens is 1. The molecule has 2 atom stereocenters. The van der Waals surface area contributed by atoms with Gasteiger partial charge in [0.1, 0.15) is 5.02 Å². The Kier molecular flexibility index (Phi) is 5.37. The van der Waals surface area contributed by atoms with Crippen LogP contribution in [0.1, 0.15) is 49.0 Å². The number of anilines is 1. The fourth-order valence-corrected chi connectivity index (χ4v) is 3.59. The van der Waals surface area contributed by atoms with Gasteiger partial charge < -0.3 is 15.4 Å². The molecule has 0 radical (unpaired) electrons. The Balaban J connectivity index is 1.98. The van der Waals surface area contributed by atoms with E-state index in [4.69, 9.17) is 22.1 Å². The van der Waals surface area contributed by atoms with Crippen molar-refractivity contribution in [3.8, 4) is 5.88 Å². The first-order valence-electron chi connectivity index (χ1n) is 8.83. The van der Waals surface area contributed by atoms with Gasteiger partial charge in [0.05, 0.1) is 17.6 Å². The van der Waals surface area contributed by atoms with E-state index in [1.165, 1.54) is 6.20 Å². The third-order valence-electron chi connectivity index (χ3n) is 4.55. The van der Waals surface area contributed by atoms with Crippen molar-refractivity contribution in [1.82, 2.24) is 4.98 Å². The Labute approximate surface area is 163 Å². The molecule has 2 aromatic rings. The largest absolute Gasteiger partial charge is 0.474 e. The predicted octanol–water partition coefficient (Wildman–Crippen LogP) is 3.53. The number of carbonyl (C=O) groups excluding carboxylic acids is 2. The van der Waals surface area contributed by atoms with Gasteiger partial charge >= 0.3 is 0 Å². The zero-order valence-corrected chi connectivity index (χ0v) is 16.2. The van der Waals surface area contributed by atoms with E-state index >= 15 is 0 Å². The van der Waals surface area contributed by atoms with Gasteiger partial charge in [-0.15, -0.1) is 0 Å². The summed E-state index contributed by atoms with van der Waals surface area (Å²) in [5.74, 6) is -0.738. The third kappa shape index (κ3) is 3.76. The summed E-state index contributed by atoms with van der Waals surface area (Å²) >= 11 is 6.24. The standard InChI is InChI=1S/C20H22ClN3O3/c1-11(2)27-19-16(21)9-13(10-23-19)20(26)24-12(3)8-15(18(22)25)14-6-4-5-7-17(14)24/h4-7,9-12,15H,8H2,1-3H3,(H2,22,25)/t12-,15+/m1/s1. The maximum atomic E-state index is 13.2. The summed E-state index contributed by atoms with van der Waals surface area (Å²) in [6.07, 6.45) is 1.85. The molecule has 0 saturated heterocycles. The second kappa shape index (κ2) is 7.56. The molecule has 1 aromatic heterocycles. The molecule has 0 bridgehead atoms. The Hall–Kier alpha value is -2.60. The van der Waals surface area contributed by atoms with Crippen LogP contribution in [-0.2, 0) is 4.79 Å². The minimum atomic E-state index is -0.413. The second-order valence-corrected chi connectivity index (χ2v) is 7.36. The Morgan fingerprint density at radius 3 is 2.67 bits per heavy atom. The Morgan fingerprint density at radius 1 is 1.33 bits per heavy atom. The molecule has 0 saturated carbocycles. The first kappa shape index (κ1) is 19.2. The highest BCUT2D eigenvalue weighted by atomic mass is 35.5. The van der Waals surface area contributed by atoms with Crippen LogP contribution < -0.4 is 15.4 Å². The lowest BCUT2D eigenvalue weighted by molar-refractivity contribution is -0.119. The lowest BCUT2D eigenvalue weighted by atomic mass is 9.85. The normalized spacial score (nSPS) is 18.9. The van der Waals surface area contributed by atoms with Gasteiger partial charge in [0.25, 0.3) is 5.91 Å². The number of carbonyl (C=O) groups is 2. The summed E-state index contributed by atoms with van der Waals surface area (Å²) < 4.78 is 5.52. The molecular weight excluding hydrogens is 366 g/mol. The maximum absolute atomic E-state index is 13.2. The average Bonchev–Trinajstić information content (AvgIpc) is 2.61. The zero-order valence-electron chi connectivity index (χ0n) is 15.5. The quantitative estimate of drug-likeness (QED) is 0.869. The van der Waals surface area contributed by atoms with Gasteiger partial charge in [-0.1, -0.05) is 29.8 Å². The molecule has 1 aliphatic heterocycles. The molecular formula is C20H22ClN3O3. The van der Waals surface area contributed by atoms with Crippen LogP contribution in [0.2, 0.25) is 5.02 Å². The number of hydrogen-bond donors (Lipinski definition) is 1. The van der Waals surface area contributed by atoms with E-state index in [1.807, 2.05) is 45.0 Å². The van der Waals surface area contributed by atoms with Crippen LogP contribution in [0.25, 0.3) is 0 Å². The SMILES string of the molecule is CC(C)Oc1ncc(C(=O)N2c3ccccc3[C@@H](C(N)=O)C[C@H]2C)cc1Cl. The number of nitrogens with two attached hydrogens (primary N) is 1. The summed E-state index contributed by atoms with van der Waals surface area (Å²) in [6.45, 7) is 5.65. The van der Waals surface area contributed by atoms with Crippen LogP contribution in [0.5, 0.6) is 5.88 Å². The lowest BCUT2D eigenvalue weighted by Gasteiger charge is -2.38. The van der Waals surface area contributed by atoms with Gasteiger partial charge in [0.15, 0.2) is 0 Å². The van der Waals surface area contributed by atoms with E-state index < -0.39 is 5.92 Å². The van der Waals surface area contributed by atoms with E-state index in [1.54, 1.807) is 11.0 Å². The van der Waals surface area contributed by atoms with Gasteiger partial charge in [-0.05, 0) is 44.9 Å². The molecule has 27 heavy (non-hydrogen) atoms. The first-order valence-corrected chi connectivity index (χ1v) is 9.21. The Morgan fingerprint density at radius 2 is 2.04 bits per heavy atom. The highest BCUT2D eigenvalue weighted by molar-refractivity contribution is 6.32. The molecule has 2 heterocycles. The van der Waals surface area contributed by atoms with Crippen molar-refractivity contribution in [3.63, 3.8) is 0 Å². The molecule has 0 spiro atoms. The molecule has 0 aliphatic carbocycles. The zero-order chi connectivity index (χ0) is 19.7. The van der Waals surface area contributed by atoms with Crippen molar-refractivity contribution in [2.75, 3.05) is 4.90 Å². The van der Waals surface area contributed by atoms with Crippen LogP contribution in [0.3, 0.4) is 0 Å². The average molecular weight is 388 g/mol. The number of nitrogens with zero attached hydrogens (tertiary/aromatic N) is 2. The lowest BCUT2D eigenvalue weighted by Crippen LogP contribution is -2.45. The third-order valence-corrected chi connectivity index (χ3v) is 4.82. The monoisotopic (exact) mass is 387 g/mol. The summed E-state index contributed by atoms with van der Waals surface area (Å²) in [7, 11) is 0. The highest BCUT2D eigenvalue weighted by Crippen LogP contribution is 2.39. The predicted molar refractivity (Wildman–Crippen MR) is 104 cm³/mol. The number of fused-ring (bicyclic) bond motifs is 1. The molecule has 0 fully saturated rings. The number of hydrogen-bond acceptors (Lipinski definition) is 4. The molecule has 0 unspecified atom stereocenters.